The van der Waals surface area contributed by atoms with Crippen molar-refractivity contribution in [2.45, 2.75) is 19.9 Å². The molecule has 0 aromatic carbocycles. The molecule has 0 bridgehead atoms. The summed E-state index contributed by atoms with van der Waals surface area (Å²) in [7, 11) is 4.10. The van der Waals surface area contributed by atoms with Crippen LogP contribution in [0.1, 0.15) is 18.2 Å². The molecule has 0 amide bonds. The van der Waals surface area contributed by atoms with E-state index in [1.54, 1.807) is 0 Å². The smallest absolute Gasteiger partial charge is 0.0543 e. The van der Waals surface area contributed by atoms with Gasteiger partial charge in [-0.2, -0.15) is 0 Å². The largest absolute Gasteiger partial charge is 0.304 e. The monoisotopic (exact) mass is 164 g/mol. The molecule has 0 saturated heterocycles. The van der Waals surface area contributed by atoms with Crippen molar-refractivity contribution in [2.75, 3.05) is 14.1 Å². The topological polar surface area (TPSA) is 16.1 Å². The van der Waals surface area contributed by atoms with Crippen LogP contribution in [-0.2, 0) is 13.0 Å². The lowest BCUT2D eigenvalue weighted by Crippen LogP contribution is -2.11. The lowest BCUT2D eigenvalue weighted by molar-refractivity contribution is 0.397. The molecule has 2 heteroatoms. The Labute approximate surface area is 74.2 Å². The van der Waals surface area contributed by atoms with E-state index in [4.69, 9.17) is 0 Å². The van der Waals surface area contributed by atoms with E-state index in [9.17, 15) is 0 Å². The minimum absolute atomic E-state index is 0.921. The van der Waals surface area contributed by atoms with Crippen LogP contribution in [0.4, 0.5) is 0 Å². The Morgan fingerprint density at radius 3 is 2.50 bits per heavy atom. The van der Waals surface area contributed by atoms with Crippen LogP contribution in [0, 0.1) is 0 Å². The Hall–Kier alpha value is -0.890. The second-order valence-electron chi connectivity index (χ2n) is 3.25. The average molecular weight is 164 g/mol. The third kappa shape index (κ3) is 2.62. The molecular formula is C10H16N2. The molecule has 0 unspecified atom stereocenters. The molecule has 0 saturated carbocycles. The number of aromatic nitrogens is 1. The molecule has 0 atom stereocenters. The second-order valence-corrected chi connectivity index (χ2v) is 3.25. The van der Waals surface area contributed by atoms with E-state index >= 15 is 0 Å². The summed E-state index contributed by atoms with van der Waals surface area (Å²) >= 11 is 0. The van der Waals surface area contributed by atoms with E-state index in [1.807, 2.05) is 6.20 Å². The number of nitrogens with zero attached hydrogens (tertiary/aromatic N) is 2. The van der Waals surface area contributed by atoms with Gasteiger partial charge in [-0.3, -0.25) is 4.98 Å². The van der Waals surface area contributed by atoms with Crippen molar-refractivity contribution >= 4 is 0 Å². The van der Waals surface area contributed by atoms with Crippen molar-refractivity contribution in [1.82, 2.24) is 9.88 Å². The minimum Gasteiger partial charge on any atom is -0.304 e. The molecule has 1 heterocycles. The maximum atomic E-state index is 4.35. The standard InChI is InChI=1S/C10H16N2/c1-4-9-5-6-10(11-7-9)8-12(2)3/h5-7H,4,8H2,1-3H3. The second kappa shape index (κ2) is 4.21. The van der Waals surface area contributed by atoms with Gasteiger partial charge in [0.25, 0.3) is 0 Å². The number of hydrogen-bond donors (Lipinski definition) is 0. The number of rotatable bonds is 3. The van der Waals surface area contributed by atoms with Gasteiger partial charge in [-0.05, 0) is 32.1 Å². The fourth-order valence-electron chi connectivity index (χ4n) is 1.08. The maximum absolute atomic E-state index is 4.35. The molecule has 0 aliphatic carbocycles. The maximum Gasteiger partial charge on any atom is 0.0543 e. The minimum atomic E-state index is 0.921. The van der Waals surface area contributed by atoms with Gasteiger partial charge in [-0.25, -0.2) is 0 Å². The van der Waals surface area contributed by atoms with E-state index < -0.39 is 0 Å². The van der Waals surface area contributed by atoms with Crippen molar-refractivity contribution in [3.8, 4) is 0 Å². The highest BCUT2D eigenvalue weighted by Crippen LogP contribution is 2.02. The summed E-state index contributed by atoms with van der Waals surface area (Å²) in [5.74, 6) is 0. The van der Waals surface area contributed by atoms with Crippen molar-refractivity contribution in [3.05, 3.63) is 29.6 Å². The van der Waals surface area contributed by atoms with Gasteiger partial charge in [-0.1, -0.05) is 13.0 Å². The van der Waals surface area contributed by atoms with Gasteiger partial charge in [-0.15, -0.1) is 0 Å². The van der Waals surface area contributed by atoms with Crippen LogP contribution in [0.25, 0.3) is 0 Å². The van der Waals surface area contributed by atoms with Gasteiger partial charge in [0.2, 0.25) is 0 Å². The summed E-state index contributed by atoms with van der Waals surface area (Å²) in [5.41, 5.74) is 2.44. The van der Waals surface area contributed by atoms with Gasteiger partial charge in [0.15, 0.2) is 0 Å². The number of pyridine rings is 1. The molecule has 1 aromatic rings. The van der Waals surface area contributed by atoms with Crippen LogP contribution >= 0.6 is 0 Å². The van der Waals surface area contributed by atoms with Crippen LogP contribution in [0.3, 0.4) is 0 Å². The highest BCUT2D eigenvalue weighted by Gasteiger charge is 1.95. The lowest BCUT2D eigenvalue weighted by atomic mass is 10.2. The zero-order valence-electron chi connectivity index (χ0n) is 8.04. The van der Waals surface area contributed by atoms with Gasteiger partial charge in [0, 0.05) is 12.7 Å². The molecule has 1 rings (SSSR count). The van der Waals surface area contributed by atoms with Crippen molar-refractivity contribution in [1.29, 1.82) is 0 Å². The zero-order chi connectivity index (χ0) is 8.97. The summed E-state index contributed by atoms with van der Waals surface area (Å²) in [6.07, 6.45) is 3.02. The summed E-state index contributed by atoms with van der Waals surface area (Å²) in [5, 5.41) is 0. The molecule has 0 spiro atoms. The van der Waals surface area contributed by atoms with Gasteiger partial charge in [0.1, 0.15) is 0 Å². The van der Waals surface area contributed by atoms with Crippen LogP contribution in [-0.4, -0.2) is 24.0 Å². The SMILES string of the molecule is CCc1ccc(CN(C)C)nc1. The summed E-state index contributed by atoms with van der Waals surface area (Å²) in [6, 6.07) is 4.24. The zero-order valence-corrected chi connectivity index (χ0v) is 8.04. The summed E-state index contributed by atoms with van der Waals surface area (Å²) < 4.78 is 0. The molecular weight excluding hydrogens is 148 g/mol. The van der Waals surface area contributed by atoms with Gasteiger partial charge >= 0.3 is 0 Å². The number of hydrogen-bond acceptors (Lipinski definition) is 2. The van der Waals surface area contributed by atoms with E-state index in [-0.39, 0.29) is 0 Å². The fraction of sp³-hybridized carbons (Fsp3) is 0.500. The average Bonchev–Trinajstić information content (AvgIpc) is 2.05. The van der Waals surface area contributed by atoms with E-state index in [2.05, 4.69) is 43.0 Å². The first kappa shape index (κ1) is 9.20. The lowest BCUT2D eigenvalue weighted by Gasteiger charge is -2.08. The van der Waals surface area contributed by atoms with Crippen molar-refractivity contribution < 1.29 is 0 Å². The first-order valence-corrected chi connectivity index (χ1v) is 4.31. The summed E-state index contributed by atoms with van der Waals surface area (Å²) in [4.78, 5) is 6.47. The van der Waals surface area contributed by atoms with Crippen LogP contribution in [0.15, 0.2) is 18.3 Å². The Kier molecular flexibility index (Phi) is 3.23. The Morgan fingerprint density at radius 2 is 2.08 bits per heavy atom. The highest BCUT2D eigenvalue weighted by molar-refractivity contribution is 5.13. The Bertz CT molecular complexity index is 226. The normalized spacial score (nSPS) is 10.7. The van der Waals surface area contributed by atoms with Crippen LogP contribution in [0.5, 0.6) is 0 Å². The highest BCUT2D eigenvalue weighted by atomic mass is 15.1. The summed E-state index contributed by atoms with van der Waals surface area (Å²) in [6.45, 7) is 3.06. The van der Waals surface area contributed by atoms with E-state index in [1.165, 1.54) is 5.56 Å². The van der Waals surface area contributed by atoms with Crippen LogP contribution in [0.2, 0.25) is 0 Å². The molecule has 0 N–H and O–H groups in total. The Morgan fingerprint density at radius 1 is 1.33 bits per heavy atom. The first-order chi connectivity index (χ1) is 5.72. The molecule has 2 nitrogen and oxygen atoms in total. The molecule has 12 heavy (non-hydrogen) atoms. The van der Waals surface area contributed by atoms with Crippen molar-refractivity contribution in [3.63, 3.8) is 0 Å². The predicted octanol–water partition coefficient (Wildman–Crippen LogP) is 1.71. The quantitative estimate of drug-likeness (QED) is 0.676. The van der Waals surface area contributed by atoms with Crippen LogP contribution < -0.4 is 0 Å². The fourth-order valence-corrected chi connectivity index (χ4v) is 1.08. The molecule has 66 valence electrons. The molecule has 1 aromatic heterocycles. The van der Waals surface area contributed by atoms with Crippen molar-refractivity contribution in [2.24, 2.45) is 0 Å². The van der Waals surface area contributed by atoms with E-state index in [0.29, 0.717) is 0 Å². The predicted molar refractivity (Wildman–Crippen MR) is 51.0 cm³/mol. The number of aryl methyl sites for hydroxylation is 1. The van der Waals surface area contributed by atoms with Gasteiger partial charge in [0.05, 0.1) is 5.69 Å². The van der Waals surface area contributed by atoms with E-state index in [0.717, 1.165) is 18.7 Å². The third-order valence-electron chi connectivity index (χ3n) is 1.77. The van der Waals surface area contributed by atoms with Gasteiger partial charge < -0.3 is 4.90 Å². The molecule has 0 radical (unpaired) electrons. The first-order valence-electron chi connectivity index (χ1n) is 4.31. The molecule has 0 aliphatic heterocycles. The molecule has 0 aliphatic rings. The third-order valence-corrected chi connectivity index (χ3v) is 1.77. The molecule has 0 fully saturated rings. The Balaban J connectivity index is 2.65.